The number of carboxylic acids is 1. The van der Waals surface area contributed by atoms with Gasteiger partial charge < -0.3 is 5.11 Å². The van der Waals surface area contributed by atoms with Gasteiger partial charge in [0.15, 0.2) is 11.5 Å². The van der Waals surface area contributed by atoms with E-state index in [9.17, 15) is 4.79 Å². The predicted octanol–water partition coefficient (Wildman–Crippen LogP) is 1.49. The van der Waals surface area contributed by atoms with Crippen molar-refractivity contribution in [1.29, 1.82) is 0 Å². The third kappa shape index (κ3) is 1.60. The van der Waals surface area contributed by atoms with Crippen LogP contribution in [0, 0.1) is 0 Å². The molecule has 0 bridgehead atoms. The Hall–Kier alpha value is -2.76. The van der Waals surface area contributed by atoms with Crippen molar-refractivity contribution in [2.45, 2.75) is 0 Å². The normalized spacial score (nSPS) is 10.7. The first-order valence-electron chi connectivity index (χ1n) is 5.26. The molecule has 0 atom stereocenters. The molecule has 0 unspecified atom stereocenters. The van der Waals surface area contributed by atoms with Gasteiger partial charge in [-0.3, -0.25) is 0 Å². The molecular formula is C12H8N4O2. The van der Waals surface area contributed by atoms with Crippen LogP contribution in [0.25, 0.3) is 17.2 Å². The molecule has 2 aromatic heterocycles. The van der Waals surface area contributed by atoms with Gasteiger partial charge in [0.25, 0.3) is 5.78 Å². The van der Waals surface area contributed by atoms with E-state index in [0.29, 0.717) is 5.82 Å². The third-order valence-electron chi connectivity index (χ3n) is 2.49. The molecule has 1 N–H and O–H groups in total. The van der Waals surface area contributed by atoms with Crippen LogP contribution < -0.4 is 0 Å². The molecule has 0 aliphatic heterocycles. The van der Waals surface area contributed by atoms with E-state index in [4.69, 9.17) is 5.11 Å². The molecule has 2 heterocycles. The van der Waals surface area contributed by atoms with Gasteiger partial charge in [-0.2, -0.15) is 9.50 Å². The highest BCUT2D eigenvalue weighted by atomic mass is 16.4. The first-order chi connectivity index (χ1) is 8.75. The third-order valence-corrected chi connectivity index (χ3v) is 2.49. The van der Waals surface area contributed by atoms with Gasteiger partial charge in [-0.05, 0) is 6.07 Å². The average Bonchev–Trinajstić information content (AvgIpc) is 2.83. The minimum Gasteiger partial charge on any atom is -0.477 e. The Bertz CT molecular complexity index is 721. The molecule has 88 valence electrons. The molecule has 3 aromatic rings. The summed E-state index contributed by atoms with van der Waals surface area (Å²) in [7, 11) is 0. The van der Waals surface area contributed by atoms with Crippen molar-refractivity contribution in [1.82, 2.24) is 19.6 Å². The maximum Gasteiger partial charge on any atom is 0.354 e. The second-order valence-corrected chi connectivity index (χ2v) is 3.65. The average molecular weight is 240 g/mol. The fraction of sp³-hybridized carbons (Fsp3) is 0. The summed E-state index contributed by atoms with van der Waals surface area (Å²) < 4.78 is 1.23. The van der Waals surface area contributed by atoms with Crippen molar-refractivity contribution in [3.05, 3.63) is 48.3 Å². The van der Waals surface area contributed by atoms with Gasteiger partial charge in [0, 0.05) is 11.8 Å². The molecule has 0 saturated carbocycles. The zero-order chi connectivity index (χ0) is 12.5. The predicted molar refractivity (Wildman–Crippen MR) is 63.2 cm³/mol. The Balaban J connectivity index is 2.23. The molecule has 0 saturated heterocycles. The van der Waals surface area contributed by atoms with Crippen molar-refractivity contribution in [3.63, 3.8) is 0 Å². The Morgan fingerprint density at radius 2 is 1.94 bits per heavy atom. The highest BCUT2D eigenvalue weighted by Gasteiger charge is 2.13. The van der Waals surface area contributed by atoms with E-state index >= 15 is 0 Å². The maximum absolute atomic E-state index is 11.0. The zero-order valence-corrected chi connectivity index (χ0v) is 9.19. The van der Waals surface area contributed by atoms with Gasteiger partial charge in [0.05, 0.1) is 0 Å². The molecule has 18 heavy (non-hydrogen) atoms. The van der Waals surface area contributed by atoms with Crippen molar-refractivity contribution < 1.29 is 9.90 Å². The number of hydrogen-bond acceptors (Lipinski definition) is 4. The summed E-state index contributed by atoms with van der Waals surface area (Å²) in [6.07, 6.45) is 1.40. The summed E-state index contributed by atoms with van der Waals surface area (Å²) in [5, 5.41) is 13.2. The quantitative estimate of drug-likeness (QED) is 0.734. The molecule has 0 amide bonds. The number of aromatic carboxylic acids is 1. The van der Waals surface area contributed by atoms with Gasteiger partial charge >= 0.3 is 5.97 Å². The summed E-state index contributed by atoms with van der Waals surface area (Å²) in [5.41, 5.74) is 0.856. The van der Waals surface area contributed by atoms with E-state index < -0.39 is 5.97 Å². The van der Waals surface area contributed by atoms with Crippen LogP contribution in [0.3, 0.4) is 0 Å². The summed E-state index contributed by atoms with van der Waals surface area (Å²) in [6, 6.07) is 10.7. The lowest BCUT2D eigenvalue weighted by Crippen LogP contribution is -2.06. The second kappa shape index (κ2) is 3.92. The molecule has 0 aliphatic rings. The Labute approximate surface area is 102 Å². The highest BCUT2D eigenvalue weighted by molar-refractivity contribution is 5.86. The topological polar surface area (TPSA) is 80.4 Å². The number of benzene rings is 1. The van der Waals surface area contributed by atoms with Crippen LogP contribution in [0.1, 0.15) is 10.5 Å². The fourth-order valence-corrected chi connectivity index (χ4v) is 1.67. The van der Waals surface area contributed by atoms with Crippen LogP contribution in [0.4, 0.5) is 0 Å². The Kier molecular flexibility index (Phi) is 2.26. The summed E-state index contributed by atoms with van der Waals surface area (Å²) >= 11 is 0. The Morgan fingerprint density at radius 3 is 2.67 bits per heavy atom. The van der Waals surface area contributed by atoms with Gasteiger partial charge in [-0.15, -0.1) is 5.10 Å². The summed E-state index contributed by atoms with van der Waals surface area (Å²) in [4.78, 5) is 19.2. The number of rotatable bonds is 2. The second-order valence-electron chi connectivity index (χ2n) is 3.65. The van der Waals surface area contributed by atoms with E-state index in [0.717, 1.165) is 5.56 Å². The van der Waals surface area contributed by atoms with Crippen LogP contribution in [0.15, 0.2) is 42.6 Å². The molecule has 6 nitrogen and oxygen atoms in total. The minimum atomic E-state index is -1.06. The van der Waals surface area contributed by atoms with Crippen LogP contribution >= 0.6 is 0 Å². The molecule has 0 fully saturated rings. The highest BCUT2D eigenvalue weighted by Crippen LogP contribution is 2.15. The van der Waals surface area contributed by atoms with Crippen molar-refractivity contribution in [3.8, 4) is 11.4 Å². The zero-order valence-electron chi connectivity index (χ0n) is 9.19. The van der Waals surface area contributed by atoms with Gasteiger partial charge in [-0.25, -0.2) is 9.78 Å². The number of hydrogen-bond donors (Lipinski definition) is 1. The van der Waals surface area contributed by atoms with Crippen LogP contribution in [-0.2, 0) is 0 Å². The van der Waals surface area contributed by atoms with Gasteiger partial charge in [-0.1, -0.05) is 30.3 Å². The Morgan fingerprint density at radius 1 is 1.17 bits per heavy atom. The first-order valence-corrected chi connectivity index (χ1v) is 5.26. The SMILES string of the molecule is O=C(O)c1ccnc2nc(-c3ccccc3)nn12. The van der Waals surface area contributed by atoms with Crippen molar-refractivity contribution in [2.24, 2.45) is 0 Å². The lowest BCUT2D eigenvalue weighted by Gasteiger charge is -1.95. The molecule has 0 radical (unpaired) electrons. The molecule has 3 rings (SSSR count). The van der Waals surface area contributed by atoms with E-state index in [2.05, 4.69) is 15.1 Å². The number of carboxylic acid groups (broad SMARTS) is 1. The lowest BCUT2D eigenvalue weighted by molar-refractivity contribution is 0.0687. The standard InChI is InChI=1S/C12H8N4O2/c17-11(18)9-6-7-13-12-14-10(15-16(9)12)8-4-2-1-3-5-8/h1-7H,(H,17,18). The van der Waals surface area contributed by atoms with Crippen LogP contribution in [0.5, 0.6) is 0 Å². The summed E-state index contributed by atoms with van der Waals surface area (Å²) in [5.74, 6) is -0.336. The van der Waals surface area contributed by atoms with Crippen LogP contribution in [-0.4, -0.2) is 30.7 Å². The largest absolute Gasteiger partial charge is 0.477 e. The maximum atomic E-state index is 11.0. The minimum absolute atomic E-state index is 0.0367. The summed E-state index contributed by atoms with van der Waals surface area (Å²) in [6.45, 7) is 0. The van der Waals surface area contributed by atoms with E-state index in [-0.39, 0.29) is 11.5 Å². The molecule has 0 spiro atoms. The molecule has 0 aliphatic carbocycles. The number of aromatic nitrogens is 4. The van der Waals surface area contributed by atoms with E-state index in [1.165, 1.54) is 16.8 Å². The van der Waals surface area contributed by atoms with Crippen LogP contribution in [0.2, 0.25) is 0 Å². The number of nitrogens with zero attached hydrogens (tertiary/aromatic N) is 4. The molecule has 6 heteroatoms. The number of carbonyl (C=O) groups is 1. The smallest absolute Gasteiger partial charge is 0.354 e. The van der Waals surface area contributed by atoms with E-state index in [1.54, 1.807) is 0 Å². The van der Waals surface area contributed by atoms with Gasteiger partial charge in [0.1, 0.15) is 0 Å². The van der Waals surface area contributed by atoms with Crippen molar-refractivity contribution >= 4 is 11.7 Å². The monoisotopic (exact) mass is 240 g/mol. The molecular weight excluding hydrogens is 232 g/mol. The van der Waals surface area contributed by atoms with Gasteiger partial charge in [0.2, 0.25) is 0 Å². The fourth-order valence-electron chi connectivity index (χ4n) is 1.67. The number of fused-ring (bicyclic) bond motifs is 1. The first kappa shape index (κ1) is 10.4. The lowest BCUT2D eigenvalue weighted by atomic mass is 10.2. The van der Waals surface area contributed by atoms with Crippen molar-refractivity contribution in [2.75, 3.05) is 0 Å². The molecule has 1 aromatic carbocycles. The van der Waals surface area contributed by atoms with E-state index in [1.807, 2.05) is 30.3 Å².